The molecule has 100 valence electrons. The Kier molecular flexibility index (Phi) is 4.36. The Balaban J connectivity index is 2.01. The molecule has 0 fully saturated rings. The van der Waals surface area contributed by atoms with Crippen LogP contribution in [0.15, 0.2) is 23.1 Å². The van der Waals surface area contributed by atoms with E-state index in [0.29, 0.717) is 6.54 Å². The van der Waals surface area contributed by atoms with Crippen molar-refractivity contribution in [2.24, 2.45) is 0 Å². The van der Waals surface area contributed by atoms with E-state index in [1.807, 2.05) is 25.6 Å². The molecule has 0 saturated carbocycles. The predicted molar refractivity (Wildman–Crippen MR) is 78.1 cm³/mol. The monoisotopic (exact) mass is 265 g/mol. The van der Waals surface area contributed by atoms with Gasteiger partial charge in [0.15, 0.2) is 0 Å². The number of likely N-dealkylation sites (N-methyl/N-ethyl adjacent to an activating group) is 1. The summed E-state index contributed by atoms with van der Waals surface area (Å²) < 4.78 is 0. The molecule has 0 bridgehead atoms. The molecular formula is C15H23NOS. The topological polar surface area (TPSA) is 23.5 Å². The molecule has 0 amide bonds. The molecule has 0 aliphatic carbocycles. The zero-order chi connectivity index (χ0) is 13.2. The van der Waals surface area contributed by atoms with Crippen molar-refractivity contribution in [3.05, 3.63) is 29.3 Å². The highest BCUT2D eigenvalue weighted by atomic mass is 32.2. The number of rotatable bonds is 4. The minimum absolute atomic E-state index is 0.626. The summed E-state index contributed by atoms with van der Waals surface area (Å²) in [6.45, 7) is 5.31. The number of aliphatic hydroxyl groups is 1. The van der Waals surface area contributed by atoms with Crippen LogP contribution in [0.3, 0.4) is 0 Å². The van der Waals surface area contributed by atoms with Crippen LogP contribution in [-0.4, -0.2) is 35.0 Å². The molecule has 2 nitrogen and oxygen atoms in total. The summed E-state index contributed by atoms with van der Waals surface area (Å²) in [6.07, 6.45) is 2.51. The van der Waals surface area contributed by atoms with Crippen molar-refractivity contribution in [3.63, 3.8) is 0 Å². The number of benzene rings is 1. The van der Waals surface area contributed by atoms with E-state index in [9.17, 15) is 5.11 Å². The summed E-state index contributed by atoms with van der Waals surface area (Å²) in [7, 11) is 2.06. The van der Waals surface area contributed by atoms with Crippen molar-refractivity contribution in [1.29, 1.82) is 0 Å². The summed E-state index contributed by atoms with van der Waals surface area (Å²) in [5.74, 6) is 1.25. The van der Waals surface area contributed by atoms with Gasteiger partial charge < -0.3 is 5.11 Å². The van der Waals surface area contributed by atoms with Gasteiger partial charge in [0.25, 0.3) is 0 Å². The van der Waals surface area contributed by atoms with Crippen LogP contribution in [0.5, 0.6) is 0 Å². The highest BCUT2D eigenvalue weighted by Crippen LogP contribution is 2.30. The van der Waals surface area contributed by atoms with Crippen molar-refractivity contribution >= 4 is 11.8 Å². The fourth-order valence-electron chi connectivity index (χ4n) is 2.54. The molecule has 0 radical (unpaired) electrons. The van der Waals surface area contributed by atoms with Crippen molar-refractivity contribution in [1.82, 2.24) is 4.90 Å². The molecule has 1 aliphatic heterocycles. The fourth-order valence-corrected chi connectivity index (χ4v) is 3.56. The van der Waals surface area contributed by atoms with Crippen LogP contribution in [0.2, 0.25) is 0 Å². The van der Waals surface area contributed by atoms with Crippen LogP contribution in [0.1, 0.15) is 31.4 Å². The molecule has 0 spiro atoms. The van der Waals surface area contributed by atoms with Gasteiger partial charge in [-0.2, -0.15) is 0 Å². The lowest BCUT2D eigenvalue weighted by molar-refractivity contribution is 0.0425. The highest BCUT2D eigenvalue weighted by Gasteiger charge is 2.16. The van der Waals surface area contributed by atoms with Crippen molar-refractivity contribution in [3.8, 4) is 0 Å². The molecule has 0 unspecified atom stereocenters. The molecular weight excluding hydrogens is 242 g/mol. The predicted octanol–water partition coefficient (Wildman–Crippen LogP) is 2.93. The van der Waals surface area contributed by atoms with Gasteiger partial charge in [-0.05, 0) is 56.7 Å². The summed E-state index contributed by atoms with van der Waals surface area (Å²) in [6, 6.07) is 6.81. The van der Waals surface area contributed by atoms with Crippen molar-refractivity contribution < 1.29 is 5.11 Å². The Labute approximate surface area is 114 Å². The number of nitrogens with zero attached hydrogens (tertiary/aromatic N) is 1. The lowest BCUT2D eigenvalue weighted by atomic mass is 10.1. The van der Waals surface area contributed by atoms with E-state index < -0.39 is 5.60 Å². The summed E-state index contributed by atoms with van der Waals surface area (Å²) in [4.78, 5) is 3.63. The molecule has 0 atom stereocenters. The number of aryl methyl sites for hydroxylation is 1. The van der Waals surface area contributed by atoms with E-state index in [4.69, 9.17) is 0 Å². The Bertz CT molecular complexity index is 411. The van der Waals surface area contributed by atoms with Gasteiger partial charge in [-0.15, -0.1) is 11.8 Å². The van der Waals surface area contributed by atoms with E-state index in [2.05, 4.69) is 30.1 Å². The molecule has 1 aliphatic rings. The maximum absolute atomic E-state index is 9.81. The second-order valence-corrected chi connectivity index (χ2v) is 7.02. The molecule has 1 aromatic carbocycles. The Hall–Kier alpha value is -0.510. The van der Waals surface area contributed by atoms with Crippen LogP contribution in [0.25, 0.3) is 0 Å². The summed E-state index contributed by atoms with van der Waals surface area (Å²) in [5.41, 5.74) is 2.22. The summed E-state index contributed by atoms with van der Waals surface area (Å²) >= 11 is 1.97. The minimum atomic E-state index is -0.626. The molecule has 18 heavy (non-hydrogen) atoms. The average Bonchev–Trinajstić information content (AvgIpc) is 2.26. The van der Waals surface area contributed by atoms with Gasteiger partial charge in [-0.25, -0.2) is 0 Å². The molecule has 3 heteroatoms. The van der Waals surface area contributed by atoms with Gasteiger partial charge in [-0.1, -0.05) is 12.1 Å². The third-order valence-electron chi connectivity index (χ3n) is 3.08. The zero-order valence-corrected chi connectivity index (χ0v) is 12.4. The molecule has 0 aromatic heterocycles. The van der Waals surface area contributed by atoms with Gasteiger partial charge >= 0.3 is 0 Å². The SMILES string of the molecule is CN(Cc1ccc2c(c1)CCCS2)CC(C)(C)O. The van der Waals surface area contributed by atoms with E-state index in [1.54, 1.807) is 0 Å². The lowest BCUT2D eigenvalue weighted by Crippen LogP contribution is -2.35. The highest BCUT2D eigenvalue weighted by molar-refractivity contribution is 7.99. The molecule has 0 saturated heterocycles. The smallest absolute Gasteiger partial charge is 0.0718 e. The number of fused-ring (bicyclic) bond motifs is 1. The van der Waals surface area contributed by atoms with Gasteiger partial charge in [-0.3, -0.25) is 4.90 Å². The number of hydrogen-bond acceptors (Lipinski definition) is 3. The van der Waals surface area contributed by atoms with Gasteiger partial charge in [0.2, 0.25) is 0 Å². The largest absolute Gasteiger partial charge is 0.389 e. The van der Waals surface area contributed by atoms with Gasteiger partial charge in [0.05, 0.1) is 5.60 Å². The number of thioether (sulfide) groups is 1. The Morgan fingerprint density at radius 1 is 1.39 bits per heavy atom. The minimum Gasteiger partial charge on any atom is -0.389 e. The Morgan fingerprint density at radius 3 is 2.89 bits per heavy atom. The molecule has 2 rings (SSSR count). The Morgan fingerprint density at radius 2 is 2.17 bits per heavy atom. The van der Waals surface area contributed by atoms with Crippen LogP contribution in [0, 0.1) is 0 Å². The second kappa shape index (κ2) is 5.64. The van der Waals surface area contributed by atoms with E-state index in [1.165, 1.54) is 34.6 Å². The van der Waals surface area contributed by atoms with Crippen LogP contribution < -0.4 is 0 Å². The quantitative estimate of drug-likeness (QED) is 0.905. The van der Waals surface area contributed by atoms with Crippen molar-refractivity contribution in [2.45, 2.75) is 43.7 Å². The van der Waals surface area contributed by atoms with E-state index >= 15 is 0 Å². The normalized spacial score (nSPS) is 15.8. The van der Waals surface area contributed by atoms with Gasteiger partial charge in [0.1, 0.15) is 0 Å². The summed E-state index contributed by atoms with van der Waals surface area (Å²) in [5, 5.41) is 9.81. The maximum atomic E-state index is 9.81. The van der Waals surface area contributed by atoms with Gasteiger partial charge in [0, 0.05) is 18.0 Å². The zero-order valence-electron chi connectivity index (χ0n) is 11.6. The van der Waals surface area contributed by atoms with E-state index in [-0.39, 0.29) is 0 Å². The first-order chi connectivity index (χ1) is 8.44. The van der Waals surface area contributed by atoms with Crippen LogP contribution >= 0.6 is 11.8 Å². The third-order valence-corrected chi connectivity index (χ3v) is 4.28. The van der Waals surface area contributed by atoms with Crippen LogP contribution in [0.4, 0.5) is 0 Å². The standard InChI is InChI=1S/C15H23NOS/c1-15(2,17)11-16(3)10-12-6-7-14-13(9-12)5-4-8-18-14/h6-7,9,17H,4-5,8,10-11H2,1-3H3. The maximum Gasteiger partial charge on any atom is 0.0718 e. The molecule has 1 N–H and O–H groups in total. The first kappa shape index (κ1) is 13.9. The third kappa shape index (κ3) is 4.01. The average molecular weight is 265 g/mol. The van der Waals surface area contributed by atoms with Crippen molar-refractivity contribution in [2.75, 3.05) is 19.3 Å². The second-order valence-electron chi connectivity index (χ2n) is 5.88. The lowest BCUT2D eigenvalue weighted by Gasteiger charge is -2.26. The van der Waals surface area contributed by atoms with E-state index in [0.717, 1.165) is 6.54 Å². The molecule has 1 heterocycles. The fraction of sp³-hybridized carbons (Fsp3) is 0.600. The number of hydrogen-bond donors (Lipinski definition) is 1. The molecule has 1 aromatic rings. The first-order valence-corrected chi connectivity index (χ1v) is 7.58. The first-order valence-electron chi connectivity index (χ1n) is 6.59. The van der Waals surface area contributed by atoms with Crippen LogP contribution in [-0.2, 0) is 13.0 Å².